The molecule has 1 aliphatic rings. The van der Waals surface area contributed by atoms with E-state index in [2.05, 4.69) is 10.3 Å². The van der Waals surface area contributed by atoms with Crippen molar-refractivity contribution in [3.8, 4) is 5.75 Å². The number of rotatable bonds is 4. The van der Waals surface area contributed by atoms with Crippen molar-refractivity contribution in [2.45, 2.75) is 23.8 Å². The van der Waals surface area contributed by atoms with Crippen molar-refractivity contribution in [1.82, 2.24) is 4.98 Å². The Morgan fingerprint density at radius 3 is 2.86 bits per heavy atom. The minimum absolute atomic E-state index is 0.00588. The Morgan fingerprint density at radius 2 is 2.14 bits per heavy atom. The molecular formula is C15H17N3O3S. The van der Waals surface area contributed by atoms with Crippen LogP contribution in [-0.2, 0) is 16.4 Å². The number of nitrogens with zero attached hydrogens (tertiary/aromatic N) is 1. The van der Waals surface area contributed by atoms with Gasteiger partial charge in [-0.05, 0) is 42.2 Å². The molecule has 0 saturated carbocycles. The number of nitrogens with one attached hydrogen (secondary N) is 1. The zero-order valence-electron chi connectivity index (χ0n) is 12.1. The van der Waals surface area contributed by atoms with Crippen LogP contribution in [0.2, 0.25) is 0 Å². The summed E-state index contributed by atoms with van der Waals surface area (Å²) in [5, 5.41) is 8.44. The lowest BCUT2D eigenvalue weighted by Gasteiger charge is -2.17. The van der Waals surface area contributed by atoms with Crippen molar-refractivity contribution in [2.24, 2.45) is 5.14 Å². The number of primary sulfonamides is 1. The van der Waals surface area contributed by atoms with Gasteiger partial charge >= 0.3 is 0 Å². The predicted octanol–water partition coefficient (Wildman–Crippen LogP) is 1.84. The summed E-state index contributed by atoms with van der Waals surface area (Å²) in [6, 6.07) is 8.86. The van der Waals surface area contributed by atoms with E-state index in [0.717, 1.165) is 29.7 Å². The minimum Gasteiger partial charge on any atom is -0.496 e. The van der Waals surface area contributed by atoms with Gasteiger partial charge in [-0.1, -0.05) is 12.1 Å². The quantitative estimate of drug-likeness (QED) is 0.896. The molecule has 2 aromatic rings. The van der Waals surface area contributed by atoms with Crippen LogP contribution in [0.3, 0.4) is 0 Å². The van der Waals surface area contributed by atoms with Crippen LogP contribution in [0, 0.1) is 0 Å². The molecule has 0 aliphatic heterocycles. The lowest BCUT2D eigenvalue weighted by molar-refractivity contribution is 0.410. The van der Waals surface area contributed by atoms with Crippen molar-refractivity contribution < 1.29 is 13.2 Å². The number of ether oxygens (including phenoxy) is 1. The van der Waals surface area contributed by atoms with Gasteiger partial charge in [0.2, 0.25) is 10.0 Å². The van der Waals surface area contributed by atoms with Crippen LogP contribution < -0.4 is 15.2 Å². The zero-order chi connectivity index (χ0) is 15.7. The van der Waals surface area contributed by atoms with E-state index in [1.807, 2.05) is 18.2 Å². The first kappa shape index (κ1) is 14.8. The summed E-state index contributed by atoms with van der Waals surface area (Å²) in [5.74, 6) is 1.14. The number of hydrogen-bond donors (Lipinski definition) is 2. The summed E-state index contributed by atoms with van der Waals surface area (Å²) < 4.78 is 28.7. The fourth-order valence-electron chi connectivity index (χ4n) is 2.86. The summed E-state index contributed by atoms with van der Waals surface area (Å²) in [6.45, 7) is 0. The molecule has 0 spiro atoms. The van der Waals surface area contributed by atoms with Crippen molar-refractivity contribution in [3.63, 3.8) is 0 Å². The van der Waals surface area contributed by atoms with Gasteiger partial charge < -0.3 is 10.1 Å². The first-order valence-corrected chi connectivity index (χ1v) is 8.45. The number of pyridine rings is 1. The molecule has 1 aliphatic carbocycles. The molecular weight excluding hydrogens is 302 g/mol. The van der Waals surface area contributed by atoms with Crippen molar-refractivity contribution >= 4 is 15.8 Å². The Hall–Kier alpha value is -2.12. The Kier molecular flexibility index (Phi) is 3.76. The topological polar surface area (TPSA) is 94.3 Å². The van der Waals surface area contributed by atoms with Gasteiger partial charge in [0.05, 0.1) is 13.2 Å². The van der Waals surface area contributed by atoms with E-state index in [1.54, 1.807) is 19.4 Å². The number of fused-ring (bicyclic) bond motifs is 1. The molecule has 3 N–H and O–H groups in total. The van der Waals surface area contributed by atoms with E-state index in [1.165, 1.54) is 6.07 Å². The predicted molar refractivity (Wildman–Crippen MR) is 83.3 cm³/mol. The summed E-state index contributed by atoms with van der Waals surface area (Å²) in [7, 11) is -2.17. The first-order valence-electron chi connectivity index (χ1n) is 6.91. The summed E-state index contributed by atoms with van der Waals surface area (Å²) in [4.78, 5) is 4.13. The monoisotopic (exact) mass is 319 g/mol. The normalized spacial score (nSPS) is 17.1. The SMILES string of the molecule is COc1cccc2c1CCC2Nc1ncccc1S(N)(=O)=O. The number of hydrogen-bond acceptors (Lipinski definition) is 5. The zero-order valence-corrected chi connectivity index (χ0v) is 12.9. The van der Waals surface area contributed by atoms with Crippen LogP contribution in [0.1, 0.15) is 23.6 Å². The standard InChI is InChI=1S/C15H17N3O3S/c1-21-13-5-2-4-10-11(13)7-8-12(10)18-15-14(22(16,19)20)6-3-9-17-15/h2-6,9,12H,7-8H2,1H3,(H,17,18)(H2,16,19,20). The third-order valence-electron chi connectivity index (χ3n) is 3.84. The second-order valence-electron chi connectivity index (χ2n) is 5.16. The van der Waals surface area contributed by atoms with E-state index < -0.39 is 10.0 Å². The summed E-state index contributed by atoms with van der Waals surface area (Å²) in [6.07, 6.45) is 3.25. The second-order valence-corrected chi connectivity index (χ2v) is 6.69. The number of nitrogens with two attached hydrogens (primary N) is 1. The van der Waals surface area contributed by atoms with Gasteiger partial charge in [0.1, 0.15) is 16.5 Å². The van der Waals surface area contributed by atoms with Crippen LogP contribution in [0.4, 0.5) is 5.82 Å². The molecule has 1 atom stereocenters. The average molecular weight is 319 g/mol. The molecule has 0 bridgehead atoms. The Morgan fingerprint density at radius 1 is 1.32 bits per heavy atom. The van der Waals surface area contributed by atoms with Gasteiger partial charge in [0, 0.05) is 6.20 Å². The number of benzene rings is 1. The van der Waals surface area contributed by atoms with Crippen LogP contribution in [0.15, 0.2) is 41.4 Å². The maximum absolute atomic E-state index is 11.7. The Balaban J connectivity index is 1.95. The fraction of sp³-hybridized carbons (Fsp3) is 0.267. The molecule has 6 nitrogen and oxygen atoms in total. The lowest BCUT2D eigenvalue weighted by atomic mass is 10.1. The Bertz CT molecular complexity index is 805. The van der Waals surface area contributed by atoms with Crippen molar-refractivity contribution in [2.75, 3.05) is 12.4 Å². The van der Waals surface area contributed by atoms with Crippen LogP contribution >= 0.6 is 0 Å². The molecule has 3 rings (SSSR count). The molecule has 0 radical (unpaired) electrons. The highest BCUT2D eigenvalue weighted by atomic mass is 32.2. The number of methoxy groups -OCH3 is 1. The van der Waals surface area contributed by atoms with Gasteiger partial charge in [-0.2, -0.15) is 0 Å². The molecule has 116 valence electrons. The lowest BCUT2D eigenvalue weighted by Crippen LogP contribution is -2.17. The number of aromatic nitrogens is 1. The van der Waals surface area contributed by atoms with Crippen LogP contribution in [0.25, 0.3) is 0 Å². The highest BCUT2D eigenvalue weighted by molar-refractivity contribution is 7.89. The molecule has 7 heteroatoms. The summed E-state index contributed by atoms with van der Waals surface area (Å²) in [5.41, 5.74) is 2.25. The van der Waals surface area contributed by atoms with Crippen molar-refractivity contribution in [3.05, 3.63) is 47.7 Å². The maximum Gasteiger partial charge on any atom is 0.241 e. The van der Waals surface area contributed by atoms with Gasteiger partial charge in [0.25, 0.3) is 0 Å². The summed E-state index contributed by atoms with van der Waals surface area (Å²) >= 11 is 0. The molecule has 1 heterocycles. The fourth-order valence-corrected chi connectivity index (χ4v) is 3.50. The third kappa shape index (κ3) is 2.65. The largest absolute Gasteiger partial charge is 0.496 e. The minimum atomic E-state index is -3.82. The number of sulfonamides is 1. The Labute approximate surface area is 129 Å². The smallest absolute Gasteiger partial charge is 0.241 e. The molecule has 0 saturated heterocycles. The van der Waals surface area contributed by atoms with Gasteiger partial charge in [0.15, 0.2) is 0 Å². The van der Waals surface area contributed by atoms with Gasteiger partial charge in [-0.25, -0.2) is 18.5 Å². The van der Waals surface area contributed by atoms with Crippen molar-refractivity contribution in [1.29, 1.82) is 0 Å². The van der Waals surface area contributed by atoms with E-state index in [9.17, 15) is 8.42 Å². The van der Waals surface area contributed by atoms with E-state index in [4.69, 9.17) is 9.88 Å². The van der Waals surface area contributed by atoms with Gasteiger partial charge in [-0.3, -0.25) is 0 Å². The van der Waals surface area contributed by atoms with Crippen LogP contribution in [-0.4, -0.2) is 20.5 Å². The molecule has 1 unspecified atom stereocenters. The molecule has 1 aromatic carbocycles. The molecule has 0 amide bonds. The average Bonchev–Trinajstić information content (AvgIpc) is 2.90. The molecule has 0 fully saturated rings. The second kappa shape index (κ2) is 5.58. The first-order chi connectivity index (χ1) is 10.5. The van der Waals surface area contributed by atoms with E-state index in [-0.39, 0.29) is 16.8 Å². The van der Waals surface area contributed by atoms with Crippen LogP contribution in [0.5, 0.6) is 5.75 Å². The van der Waals surface area contributed by atoms with E-state index in [0.29, 0.717) is 0 Å². The maximum atomic E-state index is 11.7. The highest BCUT2D eigenvalue weighted by Crippen LogP contribution is 2.38. The highest BCUT2D eigenvalue weighted by Gasteiger charge is 2.27. The molecule has 22 heavy (non-hydrogen) atoms. The number of anilines is 1. The van der Waals surface area contributed by atoms with E-state index >= 15 is 0 Å². The third-order valence-corrected chi connectivity index (χ3v) is 4.78. The molecule has 1 aromatic heterocycles. The van der Waals surface area contributed by atoms with Gasteiger partial charge in [-0.15, -0.1) is 0 Å².